The van der Waals surface area contributed by atoms with E-state index in [-0.39, 0.29) is 0 Å². The number of rotatable bonds is 5. The van der Waals surface area contributed by atoms with Gasteiger partial charge in [0.1, 0.15) is 0 Å². The highest BCUT2D eigenvalue weighted by molar-refractivity contribution is 7.10. The van der Waals surface area contributed by atoms with E-state index in [1.165, 1.54) is 4.88 Å². The van der Waals surface area contributed by atoms with Gasteiger partial charge in [0.25, 0.3) is 0 Å². The lowest BCUT2D eigenvalue weighted by molar-refractivity contribution is 0.328. The molecule has 0 aliphatic rings. The molecule has 0 amide bonds. The fourth-order valence-corrected chi connectivity index (χ4v) is 2.42. The lowest BCUT2D eigenvalue weighted by Gasteiger charge is -2.09. The van der Waals surface area contributed by atoms with Crippen molar-refractivity contribution in [2.24, 2.45) is 0 Å². The van der Waals surface area contributed by atoms with Crippen molar-refractivity contribution in [3.8, 4) is 5.88 Å². The Bertz CT molecular complexity index is 487. The van der Waals surface area contributed by atoms with Gasteiger partial charge in [-0.15, -0.1) is 11.3 Å². The second-order valence-corrected chi connectivity index (χ2v) is 4.81. The number of hydrogen-bond donors (Lipinski definition) is 1. The van der Waals surface area contributed by atoms with E-state index < -0.39 is 0 Å². The third-order valence-corrected chi connectivity index (χ3v) is 3.41. The maximum Gasteiger partial charge on any atom is 0.237 e. The van der Waals surface area contributed by atoms with Crippen LogP contribution in [0.15, 0.2) is 29.8 Å². The zero-order chi connectivity index (χ0) is 12.1. The lowest BCUT2D eigenvalue weighted by Crippen LogP contribution is -2.02. The summed E-state index contributed by atoms with van der Waals surface area (Å²) in [5.41, 5.74) is 0.902. The minimum Gasteiger partial charge on any atom is -0.476 e. The van der Waals surface area contributed by atoms with E-state index in [2.05, 4.69) is 10.3 Å². The van der Waals surface area contributed by atoms with Crippen molar-refractivity contribution < 1.29 is 4.74 Å². The van der Waals surface area contributed by atoms with E-state index in [0.717, 1.165) is 17.3 Å². The predicted octanol–water partition coefficient (Wildman–Crippen LogP) is 3.81. The molecule has 0 fully saturated rings. The Morgan fingerprint density at radius 3 is 3.12 bits per heavy atom. The molecule has 2 heterocycles. The Morgan fingerprint density at radius 1 is 1.53 bits per heavy atom. The summed E-state index contributed by atoms with van der Waals surface area (Å²) >= 11 is 7.50. The van der Waals surface area contributed by atoms with Crippen molar-refractivity contribution in [3.63, 3.8) is 0 Å². The number of nitrogens with zero attached hydrogens (tertiary/aromatic N) is 1. The summed E-state index contributed by atoms with van der Waals surface area (Å²) in [5.74, 6) is 0.637. The molecular formula is C12H13ClN2OS. The largest absolute Gasteiger partial charge is 0.476 e. The van der Waals surface area contributed by atoms with Crippen LogP contribution >= 0.6 is 22.9 Å². The van der Waals surface area contributed by atoms with Gasteiger partial charge in [-0.2, -0.15) is 0 Å². The zero-order valence-electron chi connectivity index (χ0n) is 9.44. The Kier molecular flexibility index (Phi) is 4.23. The molecule has 0 aliphatic carbocycles. The first-order valence-corrected chi connectivity index (χ1v) is 6.60. The van der Waals surface area contributed by atoms with E-state index in [1.54, 1.807) is 17.5 Å². The number of halogens is 1. The van der Waals surface area contributed by atoms with Gasteiger partial charge < -0.3 is 10.1 Å². The molecule has 0 aromatic carbocycles. The number of nitrogens with one attached hydrogen (secondary N) is 1. The first-order chi connectivity index (χ1) is 8.29. The van der Waals surface area contributed by atoms with Crippen LogP contribution in [0.25, 0.3) is 0 Å². The fraction of sp³-hybridized carbons (Fsp3) is 0.250. The standard InChI is InChI=1S/C12H13ClN2OS/c1-2-16-12-11(4-3-5-14-12)15-7-10-6-9(13)8-17-10/h3-6,8,15H,2,7H2,1H3. The molecule has 0 unspecified atom stereocenters. The molecule has 17 heavy (non-hydrogen) atoms. The van der Waals surface area contributed by atoms with Crippen molar-refractivity contribution in [1.82, 2.24) is 4.98 Å². The summed E-state index contributed by atoms with van der Waals surface area (Å²) in [6, 6.07) is 5.79. The zero-order valence-corrected chi connectivity index (χ0v) is 11.0. The molecule has 2 rings (SSSR count). The van der Waals surface area contributed by atoms with Crippen LogP contribution in [0.5, 0.6) is 5.88 Å². The van der Waals surface area contributed by atoms with Crippen molar-refractivity contribution in [3.05, 3.63) is 39.7 Å². The van der Waals surface area contributed by atoms with Crippen LogP contribution in [-0.2, 0) is 6.54 Å². The molecule has 90 valence electrons. The van der Waals surface area contributed by atoms with E-state index in [4.69, 9.17) is 16.3 Å². The van der Waals surface area contributed by atoms with Crippen LogP contribution < -0.4 is 10.1 Å². The van der Waals surface area contributed by atoms with E-state index in [1.807, 2.05) is 30.5 Å². The van der Waals surface area contributed by atoms with E-state index in [0.29, 0.717) is 12.5 Å². The SMILES string of the molecule is CCOc1ncccc1NCc1cc(Cl)cs1. The monoisotopic (exact) mass is 268 g/mol. The fourth-order valence-electron chi connectivity index (χ4n) is 1.41. The highest BCUT2D eigenvalue weighted by Crippen LogP contribution is 2.24. The van der Waals surface area contributed by atoms with Gasteiger partial charge in [-0.1, -0.05) is 11.6 Å². The maximum atomic E-state index is 5.87. The summed E-state index contributed by atoms with van der Waals surface area (Å²) in [6.07, 6.45) is 1.72. The molecule has 0 atom stereocenters. The van der Waals surface area contributed by atoms with Crippen LogP contribution in [0.2, 0.25) is 5.02 Å². The second kappa shape index (κ2) is 5.89. The van der Waals surface area contributed by atoms with Crippen molar-refractivity contribution in [1.29, 1.82) is 0 Å². The van der Waals surface area contributed by atoms with Gasteiger partial charge in [0.05, 0.1) is 17.3 Å². The number of aromatic nitrogens is 1. The normalized spacial score (nSPS) is 10.2. The van der Waals surface area contributed by atoms with Crippen molar-refractivity contribution >= 4 is 28.6 Å². The third-order valence-electron chi connectivity index (χ3n) is 2.13. The Hall–Kier alpha value is -1.26. The van der Waals surface area contributed by atoms with Crippen LogP contribution in [-0.4, -0.2) is 11.6 Å². The highest BCUT2D eigenvalue weighted by atomic mass is 35.5. The van der Waals surface area contributed by atoms with Crippen LogP contribution in [0.4, 0.5) is 5.69 Å². The van der Waals surface area contributed by atoms with Gasteiger partial charge >= 0.3 is 0 Å². The summed E-state index contributed by atoms with van der Waals surface area (Å²) in [5, 5.41) is 5.99. The molecule has 2 aromatic rings. The first kappa shape index (κ1) is 12.2. The Labute approximate surface area is 109 Å². The van der Waals surface area contributed by atoms with Crippen molar-refractivity contribution in [2.45, 2.75) is 13.5 Å². The van der Waals surface area contributed by atoms with Crippen molar-refractivity contribution in [2.75, 3.05) is 11.9 Å². The highest BCUT2D eigenvalue weighted by Gasteiger charge is 2.04. The minimum absolute atomic E-state index is 0.608. The van der Waals surface area contributed by atoms with Crippen LogP contribution in [0, 0.1) is 0 Å². The number of ether oxygens (including phenoxy) is 1. The number of anilines is 1. The topological polar surface area (TPSA) is 34.1 Å². The van der Waals surface area contributed by atoms with Gasteiger partial charge in [0.15, 0.2) is 0 Å². The molecule has 0 spiro atoms. The quantitative estimate of drug-likeness (QED) is 0.895. The molecule has 0 radical (unpaired) electrons. The summed E-state index contributed by atoms with van der Waals surface area (Å²) < 4.78 is 5.43. The Balaban J connectivity index is 2.03. The first-order valence-electron chi connectivity index (χ1n) is 5.34. The molecule has 1 N–H and O–H groups in total. The smallest absolute Gasteiger partial charge is 0.237 e. The number of hydrogen-bond acceptors (Lipinski definition) is 4. The van der Waals surface area contributed by atoms with Gasteiger partial charge in [-0.25, -0.2) is 4.98 Å². The molecular weight excluding hydrogens is 256 g/mol. The van der Waals surface area contributed by atoms with Gasteiger partial charge in [-0.3, -0.25) is 0 Å². The summed E-state index contributed by atoms with van der Waals surface area (Å²) in [4.78, 5) is 5.36. The number of thiophene rings is 1. The molecule has 0 bridgehead atoms. The van der Waals surface area contributed by atoms with Gasteiger partial charge in [0.2, 0.25) is 5.88 Å². The molecule has 3 nitrogen and oxygen atoms in total. The van der Waals surface area contributed by atoms with Gasteiger partial charge in [0, 0.05) is 23.0 Å². The molecule has 2 aromatic heterocycles. The third kappa shape index (κ3) is 3.35. The second-order valence-electron chi connectivity index (χ2n) is 3.37. The summed E-state index contributed by atoms with van der Waals surface area (Å²) in [6.45, 7) is 3.27. The Morgan fingerprint density at radius 2 is 2.41 bits per heavy atom. The molecule has 5 heteroatoms. The van der Waals surface area contributed by atoms with Crippen LogP contribution in [0.1, 0.15) is 11.8 Å². The van der Waals surface area contributed by atoms with E-state index in [9.17, 15) is 0 Å². The predicted molar refractivity (Wildman–Crippen MR) is 72.1 cm³/mol. The summed E-state index contributed by atoms with van der Waals surface area (Å²) in [7, 11) is 0. The van der Waals surface area contributed by atoms with E-state index >= 15 is 0 Å². The average molecular weight is 269 g/mol. The lowest BCUT2D eigenvalue weighted by atomic mass is 10.4. The minimum atomic E-state index is 0.608. The average Bonchev–Trinajstić information content (AvgIpc) is 2.74. The number of pyridine rings is 1. The molecule has 0 saturated carbocycles. The van der Waals surface area contributed by atoms with Gasteiger partial charge in [-0.05, 0) is 25.1 Å². The molecule has 0 aliphatic heterocycles. The molecule has 0 saturated heterocycles. The maximum absolute atomic E-state index is 5.87. The van der Waals surface area contributed by atoms with Crippen LogP contribution in [0.3, 0.4) is 0 Å².